The van der Waals surface area contributed by atoms with E-state index in [9.17, 15) is 9.59 Å². The van der Waals surface area contributed by atoms with Crippen molar-refractivity contribution >= 4 is 23.2 Å². The van der Waals surface area contributed by atoms with Gasteiger partial charge in [-0.2, -0.15) is 0 Å². The predicted molar refractivity (Wildman–Crippen MR) is 90.7 cm³/mol. The fourth-order valence-electron chi connectivity index (χ4n) is 2.38. The first-order chi connectivity index (χ1) is 11.2. The van der Waals surface area contributed by atoms with Gasteiger partial charge in [-0.3, -0.25) is 9.59 Å². The fraction of sp³-hybridized carbons (Fsp3) is 0.333. The Kier molecular flexibility index (Phi) is 3.65. The highest BCUT2D eigenvalue weighted by Crippen LogP contribution is 2.29. The number of hydrogen-bond acceptors (Lipinski definition) is 3. The Morgan fingerprint density at radius 3 is 2.04 bits per heavy atom. The molecule has 2 N–H and O–H groups in total. The van der Waals surface area contributed by atoms with Crippen molar-refractivity contribution in [2.45, 2.75) is 37.8 Å². The second kappa shape index (κ2) is 5.81. The van der Waals surface area contributed by atoms with Crippen molar-refractivity contribution < 1.29 is 9.59 Å². The molecule has 0 spiro atoms. The molecule has 1 aromatic heterocycles. The number of carbonyl (C=O) groups excluding carboxylic acids is 2. The van der Waals surface area contributed by atoms with Crippen LogP contribution in [0.5, 0.6) is 0 Å². The van der Waals surface area contributed by atoms with Crippen LogP contribution in [-0.4, -0.2) is 23.9 Å². The Morgan fingerprint density at radius 2 is 1.43 bits per heavy atom. The zero-order chi connectivity index (χ0) is 15.8. The van der Waals surface area contributed by atoms with E-state index in [0.717, 1.165) is 41.0 Å². The quantitative estimate of drug-likeness (QED) is 0.886. The van der Waals surface area contributed by atoms with Gasteiger partial charge in [0.05, 0.1) is 4.88 Å². The van der Waals surface area contributed by atoms with Crippen LogP contribution in [0, 0.1) is 0 Å². The minimum absolute atomic E-state index is 0.00488. The molecule has 2 aliphatic carbocycles. The molecule has 1 aromatic carbocycles. The Morgan fingerprint density at radius 1 is 0.826 bits per heavy atom. The monoisotopic (exact) mass is 326 g/mol. The second-order valence-corrected chi connectivity index (χ2v) is 7.32. The van der Waals surface area contributed by atoms with Crippen molar-refractivity contribution in [3.63, 3.8) is 0 Å². The molecule has 2 aromatic rings. The smallest absolute Gasteiger partial charge is 0.261 e. The van der Waals surface area contributed by atoms with Gasteiger partial charge in [0.25, 0.3) is 11.8 Å². The van der Waals surface area contributed by atoms with E-state index in [1.165, 1.54) is 11.3 Å². The molecular formula is C18H18N2O2S. The molecule has 4 nitrogen and oxygen atoms in total. The molecule has 2 aliphatic rings. The van der Waals surface area contributed by atoms with E-state index in [-0.39, 0.29) is 11.8 Å². The molecule has 0 atom stereocenters. The second-order valence-electron chi connectivity index (χ2n) is 6.24. The zero-order valence-corrected chi connectivity index (χ0v) is 13.5. The van der Waals surface area contributed by atoms with Gasteiger partial charge in [0.2, 0.25) is 0 Å². The normalized spacial score (nSPS) is 16.9. The first-order valence-electron chi connectivity index (χ1n) is 8.01. The van der Waals surface area contributed by atoms with E-state index in [2.05, 4.69) is 10.6 Å². The molecule has 0 saturated heterocycles. The van der Waals surface area contributed by atoms with Gasteiger partial charge in [-0.05, 0) is 55.5 Å². The van der Waals surface area contributed by atoms with Gasteiger partial charge >= 0.3 is 0 Å². The van der Waals surface area contributed by atoms with Crippen LogP contribution < -0.4 is 10.6 Å². The third-order valence-corrected chi connectivity index (χ3v) is 5.22. The molecule has 118 valence electrons. The molecule has 0 radical (unpaired) electrons. The van der Waals surface area contributed by atoms with Gasteiger partial charge < -0.3 is 10.6 Å². The highest BCUT2D eigenvalue weighted by molar-refractivity contribution is 7.17. The summed E-state index contributed by atoms with van der Waals surface area (Å²) < 4.78 is 0. The molecule has 0 unspecified atom stereocenters. The lowest BCUT2D eigenvalue weighted by Gasteiger charge is -2.04. The lowest BCUT2D eigenvalue weighted by Crippen LogP contribution is -2.25. The van der Waals surface area contributed by atoms with Crippen molar-refractivity contribution in [3.05, 3.63) is 46.8 Å². The molecule has 1 heterocycles. The number of carbonyl (C=O) groups is 2. The van der Waals surface area contributed by atoms with Crippen LogP contribution in [0.4, 0.5) is 0 Å². The standard InChI is InChI=1S/C18H18N2O2S/c21-17(19-13-5-6-13)12-3-1-11(2-4-12)15-9-10-16(23-15)18(22)20-14-7-8-14/h1-4,9-10,13-14H,5-8H2,(H,19,21)(H,20,22). The zero-order valence-electron chi connectivity index (χ0n) is 12.7. The Hall–Kier alpha value is -2.14. The molecule has 2 fully saturated rings. The lowest BCUT2D eigenvalue weighted by atomic mass is 10.1. The number of benzene rings is 1. The largest absolute Gasteiger partial charge is 0.349 e. The maximum absolute atomic E-state index is 12.0. The van der Waals surface area contributed by atoms with Crippen molar-refractivity contribution in [3.8, 4) is 10.4 Å². The van der Waals surface area contributed by atoms with Gasteiger partial charge in [0.15, 0.2) is 0 Å². The first kappa shape index (κ1) is 14.5. The maximum Gasteiger partial charge on any atom is 0.261 e. The Balaban J connectivity index is 1.45. The van der Waals surface area contributed by atoms with E-state index < -0.39 is 0 Å². The van der Waals surface area contributed by atoms with Crippen molar-refractivity contribution in [1.82, 2.24) is 10.6 Å². The number of amides is 2. The van der Waals surface area contributed by atoms with Crippen LogP contribution in [0.15, 0.2) is 36.4 Å². The average molecular weight is 326 g/mol. The number of rotatable bonds is 5. The predicted octanol–water partition coefficient (Wildman–Crippen LogP) is 3.20. The van der Waals surface area contributed by atoms with E-state index in [1.807, 2.05) is 36.4 Å². The summed E-state index contributed by atoms with van der Waals surface area (Å²) >= 11 is 1.49. The highest BCUT2D eigenvalue weighted by Gasteiger charge is 2.25. The van der Waals surface area contributed by atoms with Crippen LogP contribution in [0.25, 0.3) is 10.4 Å². The number of hydrogen-bond donors (Lipinski definition) is 2. The van der Waals surface area contributed by atoms with E-state index in [1.54, 1.807) is 0 Å². The van der Waals surface area contributed by atoms with Crippen molar-refractivity contribution in [2.24, 2.45) is 0 Å². The minimum Gasteiger partial charge on any atom is -0.349 e. The van der Waals surface area contributed by atoms with Crippen LogP contribution in [0.1, 0.15) is 45.7 Å². The molecule has 0 bridgehead atoms. The molecule has 23 heavy (non-hydrogen) atoms. The average Bonchev–Trinajstić information content (AvgIpc) is 3.49. The third-order valence-electron chi connectivity index (χ3n) is 4.09. The summed E-state index contributed by atoms with van der Waals surface area (Å²) in [7, 11) is 0. The summed E-state index contributed by atoms with van der Waals surface area (Å²) in [5.74, 6) is 0.0129. The molecule has 2 saturated carbocycles. The summed E-state index contributed by atoms with van der Waals surface area (Å²) in [4.78, 5) is 25.8. The summed E-state index contributed by atoms with van der Waals surface area (Å²) in [5, 5.41) is 5.98. The molecular weight excluding hydrogens is 308 g/mol. The van der Waals surface area contributed by atoms with Gasteiger partial charge in [0, 0.05) is 22.5 Å². The number of nitrogens with one attached hydrogen (secondary N) is 2. The van der Waals surface area contributed by atoms with Gasteiger partial charge in [0.1, 0.15) is 0 Å². The van der Waals surface area contributed by atoms with Crippen molar-refractivity contribution in [2.75, 3.05) is 0 Å². The Labute approximate surface area is 138 Å². The minimum atomic E-state index is -0.00488. The van der Waals surface area contributed by atoms with Crippen molar-refractivity contribution in [1.29, 1.82) is 0 Å². The van der Waals surface area contributed by atoms with Gasteiger partial charge in [-0.15, -0.1) is 11.3 Å². The molecule has 5 heteroatoms. The topological polar surface area (TPSA) is 58.2 Å². The first-order valence-corrected chi connectivity index (χ1v) is 8.83. The molecule has 4 rings (SSSR count). The summed E-state index contributed by atoms with van der Waals surface area (Å²) in [5.41, 5.74) is 1.72. The Bertz CT molecular complexity index is 743. The van der Waals surface area contributed by atoms with E-state index in [4.69, 9.17) is 0 Å². The van der Waals surface area contributed by atoms with Gasteiger partial charge in [-0.1, -0.05) is 12.1 Å². The van der Waals surface area contributed by atoms with Crippen LogP contribution in [0.3, 0.4) is 0 Å². The van der Waals surface area contributed by atoms with Crippen LogP contribution in [0.2, 0.25) is 0 Å². The lowest BCUT2D eigenvalue weighted by molar-refractivity contribution is 0.0944. The maximum atomic E-state index is 12.0. The van der Waals surface area contributed by atoms with Crippen LogP contribution >= 0.6 is 11.3 Å². The SMILES string of the molecule is O=C(NC1CC1)c1ccc(-c2ccc(C(=O)NC3CC3)s2)cc1. The highest BCUT2D eigenvalue weighted by atomic mass is 32.1. The summed E-state index contributed by atoms with van der Waals surface area (Å²) in [6.45, 7) is 0. The van der Waals surface area contributed by atoms with E-state index >= 15 is 0 Å². The van der Waals surface area contributed by atoms with E-state index in [0.29, 0.717) is 17.6 Å². The molecule has 0 aliphatic heterocycles. The third kappa shape index (κ3) is 3.45. The number of thiophene rings is 1. The molecule has 2 amide bonds. The van der Waals surface area contributed by atoms with Crippen LogP contribution in [-0.2, 0) is 0 Å². The van der Waals surface area contributed by atoms with Gasteiger partial charge in [-0.25, -0.2) is 0 Å². The fourth-order valence-corrected chi connectivity index (χ4v) is 3.30. The summed E-state index contributed by atoms with van der Waals surface area (Å²) in [6.07, 6.45) is 4.36. The summed E-state index contributed by atoms with van der Waals surface area (Å²) in [6, 6.07) is 12.1.